The third-order valence-corrected chi connectivity index (χ3v) is 6.10. The van der Waals surface area contributed by atoms with Crippen LogP contribution in [0.5, 0.6) is 0 Å². The summed E-state index contributed by atoms with van der Waals surface area (Å²) in [5.74, 6) is 0.616. The Morgan fingerprint density at radius 3 is 2.16 bits per heavy atom. The highest BCUT2D eigenvalue weighted by atomic mass is 16.5. The maximum absolute atomic E-state index is 12.5. The number of methoxy groups -OCH3 is 1. The lowest BCUT2D eigenvalue weighted by atomic mass is 9.84. The van der Waals surface area contributed by atoms with Crippen molar-refractivity contribution in [2.75, 3.05) is 7.11 Å². The van der Waals surface area contributed by atoms with E-state index in [0.29, 0.717) is 5.92 Å². The molecule has 2 saturated carbocycles. The summed E-state index contributed by atoms with van der Waals surface area (Å²) in [6.07, 6.45) is 9.45. The molecule has 2 aliphatic carbocycles. The number of ether oxygens (including phenoxy) is 1. The van der Waals surface area contributed by atoms with Gasteiger partial charge in [0.05, 0.1) is 6.10 Å². The molecule has 4 amide bonds. The van der Waals surface area contributed by atoms with Gasteiger partial charge in [0, 0.05) is 19.2 Å². The average molecular weight is 352 g/mol. The molecule has 142 valence electrons. The molecule has 0 unspecified atom stereocenters. The topological polar surface area (TPSA) is 82.7 Å². The predicted molar refractivity (Wildman–Crippen MR) is 94.9 cm³/mol. The lowest BCUT2D eigenvalue weighted by molar-refractivity contribution is 0.0473. The van der Waals surface area contributed by atoms with E-state index in [9.17, 15) is 9.59 Å². The first-order valence-corrected chi connectivity index (χ1v) is 9.77. The van der Waals surface area contributed by atoms with Gasteiger partial charge in [-0.25, -0.2) is 14.5 Å². The van der Waals surface area contributed by atoms with Gasteiger partial charge in [-0.15, -0.1) is 0 Å². The quantitative estimate of drug-likeness (QED) is 0.710. The maximum atomic E-state index is 12.5. The van der Waals surface area contributed by atoms with Crippen LogP contribution < -0.4 is 16.0 Å². The first-order chi connectivity index (χ1) is 12.1. The third kappa shape index (κ3) is 4.44. The highest BCUT2D eigenvalue weighted by Crippen LogP contribution is 2.27. The Labute approximate surface area is 150 Å². The largest absolute Gasteiger partial charge is 0.381 e. The van der Waals surface area contributed by atoms with Crippen molar-refractivity contribution in [2.45, 2.75) is 89.2 Å². The fourth-order valence-corrected chi connectivity index (χ4v) is 4.50. The zero-order valence-corrected chi connectivity index (χ0v) is 15.4. The van der Waals surface area contributed by atoms with Gasteiger partial charge < -0.3 is 15.4 Å². The Morgan fingerprint density at radius 2 is 1.60 bits per heavy atom. The minimum Gasteiger partial charge on any atom is -0.381 e. The van der Waals surface area contributed by atoms with Gasteiger partial charge in [-0.1, -0.05) is 19.3 Å². The molecule has 1 saturated heterocycles. The monoisotopic (exact) mass is 352 g/mol. The molecule has 0 spiro atoms. The van der Waals surface area contributed by atoms with E-state index in [2.05, 4.69) is 22.9 Å². The number of carbonyl (C=O) groups is 2. The normalized spacial score (nSPS) is 30.7. The van der Waals surface area contributed by atoms with Crippen LogP contribution in [0.2, 0.25) is 0 Å². The Hall–Kier alpha value is -1.34. The molecule has 0 aromatic heterocycles. The van der Waals surface area contributed by atoms with Crippen LogP contribution in [-0.2, 0) is 4.74 Å². The van der Waals surface area contributed by atoms with Crippen molar-refractivity contribution >= 4 is 12.1 Å². The van der Waals surface area contributed by atoms with E-state index in [1.54, 1.807) is 7.11 Å². The number of nitrogens with zero attached hydrogens (tertiary/aromatic N) is 1. The van der Waals surface area contributed by atoms with Crippen LogP contribution >= 0.6 is 0 Å². The first-order valence-electron chi connectivity index (χ1n) is 9.77. The summed E-state index contributed by atoms with van der Waals surface area (Å²) in [6, 6.07) is -0.353. The van der Waals surface area contributed by atoms with E-state index in [4.69, 9.17) is 4.74 Å². The molecule has 0 aromatic carbocycles. The van der Waals surface area contributed by atoms with Crippen molar-refractivity contribution in [2.24, 2.45) is 5.92 Å². The fraction of sp³-hybridized carbons (Fsp3) is 0.889. The molecule has 0 bridgehead atoms. The van der Waals surface area contributed by atoms with Crippen LogP contribution in [0, 0.1) is 5.92 Å². The number of rotatable bonds is 5. The molecule has 1 heterocycles. The van der Waals surface area contributed by atoms with Crippen molar-refractivity contribution in [1.29, 1.82) is 0 Å². The molecule has 3 N–H and O–H groups in total. The standard InChI is InChI=1S/C18H32N4O3/c1-12(13-6-4-3-5-7-13)19-16-20-17(23)22(18(24)21-16)14-8-10-15(25-2)11-9-14/h12-16,19H,3-11H2,1-2H3,(H,20,23)(H,21,24)/t12-,14?,15?/m0/s1. The van der Waals surface area contributed by atoms with Crippen LogP contribution in [-0.4, -0.2) is 48.5 Å². The highest BCUT2D eigenvalue weighted by molar-refractivity contribution is 5.96. The van der Waals surface area contributed by atoms with E-state index in [0.717, 1.165) is 25.7 Å². The van der Waals surface area contributed by atoms with Gasteiger partial charge in [0.2, 0.25) is 0 Å². The Bertz CT molecular complexity index is 455. The summed E-state index contributed by atoms with van der Waals surface area (Å²) in [5.41, 5.74) is 0. The van der Waals surface area contributed by atoms with Gasteiger partial charge >= 0.3 is 12.1 Å². The van der Waals surface area contributed by atoms with Gasteiger partial charge in [-0.2, -0.15) is 0 Å². The molecule has 3 aliphatic rings. The second kappa shape index (κ2) is 8.36. The zero-order chi connectivity index (χ0) is 17.8. The van der Waals surface area contributed by atoms with Crippen LogP contribution in [0.4, 0.5) is 9.59 Å². The fourth-order valence-electron chi connectivity index (χ4n) is 4.50. The maximum Gasteiger partial charge on any atom is 0.328 e. The number of urea groups is 2. The number of hydrogen-bond donors (Lipinski definition) is 3. The first kappa shape index (κ1) is 18.5. The molecule has 7 heteroatoms. The highest BCUT2D eigenvalue weighted by Gasteiger charge is 2.38. The van der Waals surface area contributed by atoms with Crippen LogP contribution in [0.25, 0.3) is 0 Å². The number of imide groups is 1. The van der Waals surface area contributed by atoms with Crippen LogP contribution in [0.15, 0.2) is 0 Å². The SMILES string of the molecule is COC1CCC(N2C(=O)NC(N[C@@H](C)C3CCCCC3)NC2=O)CC1. The Kier molecular flexibility index (Phi) is 6.17. The van der Waals surface area contributed by atoms with Crippen LogP contribution in [0.3, 0.4) is 0 Å². The van der Waals surface area contributed by atoms with E-state index < -0.39 is 6.29 Å². The molecule has 3 rings (SSSR count). The van der Waals surface area contributed by atoms with Gasteiger partial charge in [-0.3, -0.25) is 5.32 Å². The predicted octanol–water partition coefficient (Wildman–Crippen LogP) is 2.52. The van der Waals surface area contributed by atoms with Crippen molar-refractivity contribution in [3.8, 4) is 0 Å². The molecule has 1 atom stereocenters. The van der Waals surface area contributed by atoms with Gasteiger partial charge in [0.25, 0.3) is 0 Å². The van der Waals surface area contributed by atoms with E-state index in [1.807, 2.05) is 0 Å². The summed E-state index contributed by atoms with van der Waals surface area (Å²) in [5, 5.41) is 9.18. The summed E-state index contributed by atoms with van der Waals surface area (Å²) in [6.45, 7) is 2.15. The Morgan fingerprint density at radius 1 is 1.00 bits per heavy atom. The lowest BCUT2D eigenvalue weighted by Gasteiger charge is -2.41. The second-order valence-electron chi connectivity index (χ2n) is 7.72. The third-order valence-electron chi connectivity index (χ3n) is 6.10. The number of amides is 4. The molecule has 0 radical (unpaired) electrons. The summed E-state index contributed by atoms with van der Waals surface area (Å²) < 4.78 is 5.37. The molecule has 1 aliphatic heterocycles. The summed E-state index contributed by atoms with van der Waals surface area (Å²) >= 11 is 0. The van der Waals surface area contributed by atoms with Crippen molar-refractivity contribution < 1.29 is 14.3 Å². The molecule has 0 aromatic rings. The molecule has 3 fully saturated rings. The smallest absolute Gasteiger partial charge is 0.328 e. The van der Waals surface area contributed by atoms with Gasteiger partial charge in [-0.05, 0) is 51.4 Å². The minimum atomic E-state index is -0.483. The summed E-state index contributed by atoms with van der Waals surface area (Å²) in [4.78, 5) is 26.4. The number of nitrogens with one attached hydrogen (secondary N) is 3. The van der Waals surface area contributed by atoms with E-state index >= 15 is 0 Å². The lowest BCUT2D eigenvalue weighted by Crippen LogP contribution is -2.71. The van der Waals surface area contributed by atoms with Crippen LogP contribution in [0.1, 0.15) is 64.7 Å². The molecular formula is C18H32N4O3. The number of carbonyl (C=O) groups excluding carboxylic acids is 2. The Balaban J connectivity index is 1.51. The van der Waals surface area contributed by atoms with Crippen molar-refractivity contribution in [3.05, 3.63) is 0 Å². The van der Waals surface area contributed by atoms with E-state index in [-0.39, 0.29) is 30.2 Å². The van der Waals surface area contributed by atoms with Gasteiger partial charge in [0.15, 0.2) is 6.29 Å². The van der Waals surface area contributed by atoms with Gasteiger partial charge in [0.1, 0.15) is 0 Å². The van der Waals surface area contributed by atoms with Crippen molar-refractivity contribution in [1.82, 2.24) is 20.9 Å². The average Bonchev–Trinajstić information content (AvgIpc) is 2.62. The second-order valence-corrected chi connectivity index (χ2v) is 7.72. The van der Waals surface area contributed by atoms with E-state index in [1.165, 1.54) is 37.0 Å². The number of hydrogen-bond acceptors (Lipinski definition) is 4. The van der Waals surface area contributed by atoms with Crippen molar-refractivity contribution in [3.63, 3.8) is 0 Å². The molecular weight excluding hydrogens is 320 g/mol. The molecule has 7 nitrogen and oxygen atoms in total. The molecule has 25 heavy (non-hydrogen) atoms. The zero-order valence-electron chi connectivity index (χ0n) is 15.4. The minimum absolute atomic E-state index is 0.0388. The summed E-state index contributed by atoms with van der Waals surface area (Å²) in [7, 11) is 1.72.